The van der Waals surface area contributed by atoms with E-state index < -0.39 is 52.9 Å². The van der Waals surface area contributed by atoms with Gasteiger partial charge in [0.2, 0.25) is 23.6 Å². The Balaban J connectivity index is 1.85. The van der Waals surface area contributed by atoms with Gasteiger partial charge in [-0.1, -0.05) is 13.3 Å². The fraction of sp³-hybridized carbons (Fsp3) is 0.474. The summed E-state index contributed by atoms with van der Waals surface area (Å²) in [6, 6.07) is 3.04. The van der Waals surface area contributed by atoms with E-state index in [0.29, 0.717) is 12.1 Å². The first-order valence-electron chi connectivity index (χ1n) is 9.34. The molecule has 3 aliphatic rings. The highest BCUT2D eigenvalue weighted by Gasteiger charge is 2.70. The number of hydrogen-bond donors (Lipinski definition) is 3. The summed E-state index contributed by atoms with van der Waals surface area (Å²) in [4.78, 5) is 52.0. The number of nitrogens with two attached hydrogens (primary N) is 1. The molecule has 4 N–H and O–H groups in total. The standard InChI is InChI=1S/C19H21FN4O4/c1-2-3-6-24-16(26)14-12(8-13(21)25)23-19(15(14)17(24)27)10-7-9(20)4-5-11(10)22-18(19)28/h4-5,7,12,14-15,23H,2-3,6,8H2,1H3,(H2,21,25)(H,22,28)/t12?,14-,15+,19?/m1/s1. The van der Waals surface area contributed by atoms with Crippen molar-refractivity contribution in [1.29, 1.82) is 0 Å². The Kier molecular flexibility index (Phi) is 4.22. The third kappa shape index (κ3) is 2.39. The Bertz CT molecular complexity index is 904. The van der Waals surface area contributed by atoms with E-state index in [-0.39, 0.29) is 18.5 Å². The third-order valence-electron chi connectivity index (χ3n) is 5.92. The smallest absolute Gasteiger partial charge is 0.250 e. The Morgan fingerprint density at radius 2 is 2.04 bits per heavy atom. The molecule has 0 bridgehead atoms. The van der Waals surface area contributed by atoms with Crippen LogP contribution in [0, 0.1) is 17.7 Å². The lowest BCUT2D eigenvalue weighted by molar-refractivity contribution is -0.142. The van der Waals surface area contributed by atoms with Gasteiger partial charge in [-0.2, -0.15) is 0 Å². The molecule has 2 saturated heterocycles. The van der Waals surface area contributed by atoms with Crippen molar-refractivity contribution in [3.63, 3.8) is 0 Å². The highest BCUT2D eigenvalue weighted by atomic mass is 19.1. The van der Waals surface area contributed by atoms with E-state index in [4.69, 9.17) is 5.73 Å². The molecule has 2 fully saturated rings. The Hall–Kier alpha value is -2.81. The van der Waals surface area contributed by atoms with Crippen LogP contribution in [0.5, 0.6) is 0 Å². The monoisotopic (exact) mass is 388 g/mol. The van der Waals surface area contributed by atoms with Gasteiger partial charge in [0.15, 0.2) is 0 Å². The van der Waals surface area contributed by atoms with Crippen LogP contribution in [0.25, 0.3) is 0 Å². The van der Waals surface area contributed by atoms with Crippen LogP contribution < -0.4 is 16.4 Å². The molecule has 0 radical (unpaired) electrons. The first-order chi connectivity index (χ1) is 13.3. The second-order valence-corrected chi connectivity index (χ2v) is 7.56. The van der Waals surface area contributed by atoms with Crippen molar-refractivity contribution in [2.75, 3.05) is 11.9 Å². The predicted octanol–water partition coefficient (Wildman–Crippen LogP) is 0.222. The van der Waals surface area contributed by atoms with E-state index in [1.807, 2.05) is 6.92 Å². The summed E-state index contributed by atoms with van der Waals surface area (Å²) >= 11 is 0. The van der Waals surface area contributed by atoms with Crippen LogP contribution in [-0.4, -0.2) is 41.1 Å². The largest absolute Gasteiger partial charge is 0.370 e. The maximum Gasteiger partial charge on any atom is 0.250 e. The van der Waals surface area contributed by atoms with Crippen LogP contribution in [0.1, 0.15) is 31.7 Å². The van der Waals surface area contributed by atoms with Crippen LogP contribution in [0.15, 0.2) is 18.2 Å². The molecule has 0 aromatic heterocycles. The molecule has 4 rings (SSSR count). The number of fused-ring (bicyclic) bond motifs is 4. The predicted molar refractivity (Wildman–Crippen MR) is 96.1 cm³/mol. The first kappa shape index (κ1) is 18.5. The summed E-state index contributed by atoms with van der Waals surface area (Å²) in [7, 11) is 0. The zero-order valence-corrected chi connectivity index (χ0v) is 15.3. The van der Waals surface area contributed by atoms with E-state index in [9.17, 15) is 23.6 Å². The van der Waals surface area contributed by atoms with E-state index in [0.717, 1.165) is 6.42 Å². The lowest BCUT2D eigenvalue weighted by Gasteiger charge is -2.29. The van der Waals surface area contributed by atoms with Gasteiger partial charge in [-0.3, -0.25) is 29.4 Å². The number of hydrogen-bond acceptors (Lipinski definition) is 5. The molecular weight excluding hydrogens is 367 g/mol. The van der Waals surface area contributed by atoms with Gasteiger partial charge in [-0.05, 0) is 24.6 Å². The minimum Gasteiger partial charge on any atom is -0.370 e. The van der Waals surface area contributed by atoms with Crippen LogP contribution in [0.3, 0.4) is 0 Å². The van der Waals surface area contributed by atoms with Gasteiger partial charge in [-0.25, -0.2) is 4.39 Å². The SMILES string of the molecule is CCCCN1C(=O)[C@@H]2C(CC(N)=O)NC3(C(=O)Nc4ccc(F)cc43)[C@@H]2C1=O. The Labute approximate surface area is 160 Å². The zero-order chi connectivity index (χ0) is 20.2. The third-order valence-corrected chi connectivity index (χ3v) is 5.92. The van der Waals surface area contributed by atoms with Crippen molar-refractivity contribution in [2.24, 2.45) is 17.6 Å². The molecule has 0 saturated carbocycles. The molecule has 2 unspecified atom stereocenters. The second-order valence-electron chi connectivity index (χ2n) is 7.56. The molecule has 148 valence electrons. The van der Waals surface area contributed by atoms with E-state index in [1.54, 1.807) is 0 Å². The Morgan fingerprint density at radius 3 is 2.71 bits per heavy atom. The summed E-state index contributed by atoms with van der Waals surface area (Å²) in [5.41, 5.74) is 4.40. The molecule has 1 aromatic carbocycles. The van der Waals surface area contributed by atoms with Gasteiger partial charge >= 0.3 is 0 Å². The maximum absolute atomic E-state index is 14.0. The van der Waals surface area contributed by atoms with Crippen molar-refractivity contribution < 1.29 is 23.6 Å². The zero-order valence-electron chi connectivity index (χ0n) is 15.3. The van der Waals surface area contributed by atoms with Gasteiger partial charge < -0.3 is 11.1 Å². The topological polar surface area (TPSA) is 122 Å². The maximum atomic E-state index is 14.0. The number of anilines is 1. The van der Waals surface area contributed by atoms with Gasteiger partial charge in [0, 0.05) is 30.3 Å². The molecule has 0 aliphatic carbocycles. The molecular formula is C19H21FN4O4. The fourth-order valence-corrected chi connectivity index (χ4v) is 4.76. The van der Waals surface area contributed by atoms with Gasteiger partial charge in [0.25, 0.3) is 0 Å². The number of imide groups is 1. The number of nitrogens with one attached hydrogen (secondary N) is 2. The van der Waals surface area contributed by atoms with Gasteiger partial charge in [0.1, 0.15) is 11.4 Å². The average Bonchev–Trinajstić information content (AvgIpc) is 3.19. The van der Waals surface area contributed by atoms with Gasteiger partial charge in [-0.15, -0.1) is 0 Å². The molecule has 1 spiro atoms. The number of halogens is 1. The van der Waals surface area contributed by atoms with Crippen molar-refractivity contribution in [2.45, 2.75) is 37.8 Å². The van der Waals surface area contributed by atoms with E-state index >= 15 is 0 Å². The van der Waals surface area contributed by atoms with E-state index in [1.165, 1.54) is 23.1 Å². The minimum atomic E-state index is -1.60. The number of unbranched alkanes of at least 4 members (excludes halogenated alkanes) is 1. The highest BCUT2D eigenvalue weighted by molar-refractivity contribution is 6.15. The number of rotatable bonds is 5. The lowest BCUT2D eigenvalue weighted by atomic mass is 9.76. The number of carbonyl (C=O) groups excluding carboxylic acids is 4. The van der Waals surface area contributed by atoms with Crippen molar-refractivity contribution in [3.8, 4) is 0 Å². The number of nitrogens with zero attached hydrogens (tertiary/aromatic N) is 1. The first-order valence-corrected chi connectivity index (χ1v) is 9.34. The average molecular weight is 388 g/mol. The summed E-state index contributed by atoms with van der Waals surface area (Å²) in [5, 5.41) is 5.69. The number of likely N-dealkylation sites (tertiary alicyclic amines) is 1. The second kappa shape index (κ2) is 6.37. The number of primary amides is 1. The van der Waals surface area contributed by atoms with Crippen LogP contribution in [0.4, 0.5) is 10.1 Å². The van der Waals surface area contributed by atoms with E-state index in [2.05, 4.69) is 10.6 Å². The van der Waals surface area contributed by atoms with Crippen molar-refractivity contribution >= 4 is 29.3 Å². The minimum absolute atomic E-state index is 0.207. The van der Waals surface area contributed by atoms with Crippen LogP contribution >= 0.6 is 0 Å². The number of carbonyl (C=O) groups is 4. The highest BCUT2D eigenvalue weighted by Crippen LogP contribution is 2.53. The summed E-state index contributed by atoms with van der Waals surface area (Å²) in [6.45, 7) is 2.19. The van der Waals surface area contributed by atoms with Crippen LogP contribution in [-0.2, 0) is 24.7 Å². The quantitative estimate of drug-likeness (QED) is 0.623. The molecule has 4 atom stereocenters. The summed E-state index contributed by atoms with van der Waals surface area (Å²) in [6.07, 6.45) is 1.21. The van der Waals surface area contributed by atoms with Crippen LogP contribution in [0.2, 0.25) is 0 Å². The molecule has 4 amide bonds. The number of amides is 4. The normalized spacial score (nSPS) is 30.7. The van der Waals surface area contributed by atoms with Gasteiger partial charge in [0.05, 0.1) is 11.8 Å². The van der Waals surface area contributed by atoms with Crippen molar-refractivity contribution in [1.82, 2.24) is 10.2 Å². The molecule has 8 nitrogen and oxygen atoms in total. The molecule has 3 heterocycles. The summed E-state index contributed by atoms with van der Waals surface area (Å²) in [5.74, 6) is -4.61. The molecule has 9 heteroatoms. The summed E-state index contributed by atoms with van der Waals surface area (Å²) < 4.78 is 14.0. The van der Waals surface area contributed by atoms with Crippen molar-refractivity contribution in [3.05, 3.63) is 29.6 Å². The Morgan fingerprint density at radius 1 is 1.29 bits per heavy atom. The lowest BCUT2D eigenvalue weighted by Crippen LogP contribution is -2.53. The molecule has 1 aromatic rings. The fourth-order valence-electron chi connectivity index (χ4n) is 4.76. The molecule has 3 aliphatic heterocycles. The number of benzene rings is 1. The molecule has 28 heavy (non-hydrogen) atoms.